The Morgan fingerprint density at radius 2 is 2.22 bits per heavy atom. The number of aromatic nitrogens is 2. The fourth-order valence-corrected chi connectivity index (χ4v) is 2.19. The molecule has 23 heavy (non-hydrogen) atoms. The first-order valence-corrected chi connectivity index (χ1v) is 7.50. The Hall–Kier alpha value is -2.74. The van der Waals surface area contributed by atoms with E-state index in [1.54, 1.807) is 17.8 Å². The summed E-state index contributed by atoms with van der Waals surface area (Å²) in [5, 5.41) is 7.07. The normalized spacial score (nSPS) is 9.87. The minimum absolute atomic E-state index is 0.141. The highest BCUT2D eigenvalue weighted by Gasteiger charge is 2.11. The second-order valence-corrected chi connectivity index (χ2v) is 5.15. The Balaban J connectivity index is 1.91. The molecule has 0 saturated carbocycles. The third kappa shape index (κ3) is 4.89. The van der Waals surface area contributed by atoms with Crippen molar-refractivity contribution in [2.75, 3.05) is 6.61 Å². The summed E-state index contributed by atoms with van der Waals surface area (Å²) in [6.07, 6.45) is 0.706. The van der Waals surface area contributed by atoms with E-state index < -0.39 is 0 Å². The van der Waals surface area contributed by atoms with Gasteiger partial charge in [0.15, 0.2) is 0 Å². The molecule has 5 nitrogen and oxygen atoms in total. The molecule has 0 fully saturated rings. The van der Waals surface area contributed by atoms with Crippen LogP contribution in [0.5, 0.6) is 5.75 Å². The van der Waals surface area contributed by atoms with Crippen molar-refractivity contribution >= 4 is 5.91 Å². The minimum atomic E-state index is -0.141. The van der Waals surface area contributed by atoms with Gasteiger partial charge in [-0.2, -0.15) is 5.10 Å². The van der Waals surface area contributed by atoms with Gasteiger partial charge in [-0.25, -0.2) is 0 Å². The van der Waals surface area contributed by atoms with Gasteiger partial charge < -0.3 is 10.1 Å². The number of nitrogens with zero attached hydrogens (tertiary/aromatic N) is 2. The van der Waals surface area contributed by atoms with Gasteiger partial charge in [0, 0.05) is 20.0 Å². The molecule has 1 N–H and O–H groups in total. The molecular formula is C18H21N3O2. The van der Waals surface area contributed by atoms with Crippen LogP contribution in [0, 0.1) is 18.8 Å². The summed E-state index contributed by atoms with van der Waals surface area (Å²) in [6, 6.07) is 9.46. The number of carbonyl (C=O) groups is 1. The first-order valence-electron chi connectivity index (χ1n) is 7.50. The van der Waals surface area contributed by atoms with E-state index >= 15 is 0 Å². The lowest BCUT2D eigenvalue weighted by Gasteiger charge is -2.08. The van der Waals surface area contributed by atoms with Crippen molar-refractivity contribution < 1.29 is 9.53 Å². The van der Waals surface area contributed by atoms with E-state index in [1.807, 2.05) is 38.1 Å². The molecule has 0 unspecified atom stereocenters. The van der Waals surface area contributed by atoms with Crippen LogP contribution in [0.15, 0.2) is 30.3 Å². The van der Waals surface area contributed by atoms with Crippen LogP contribution in [0.3, 0.4) is 0 Å². The van der Waals surface area contributed by atoms with Gasteiger partial charge in [-0.15, -0.1) is 11.8 Å². The predicted octanol–water partition coefficient (Wildman–Crippen LogP) is 2.45. The molecule has 0 saturated heterocycles. The highest BCUT2D eigenvalue weighted by Crippen LogP contribution is 2.13. The summed E-state index contributed by atoms with van der Waals surface area (Å²) >= 11 is 0. The van der Waals surface area contributed by atoms with Crippen molar-refractivity contribution in [1.82, 2.24) is 15.1 Å². The van der Waals surface area contributed by atoms with E-state index in [9.17, 15) is 4.79 Å². The van der Waals surface area contributed by atoms with Gasteiger partial charge >= 0.3 is 0 Å². The average molecular weight is 311 g/mol. The van der Waals surface area contributed by atoms with Crippen LogP contribution in [0.1, 0.15) is 35.1 Å². The zero-order valence-corrected chi connectivity index (χ0v) is 13.7. The van der Waals surface area contributed by atoms with Gasteiger partial charge in [0.25, 0.3) is 5.91 Å². The van der Waals surface area contributed by atoms with Crippen LogP contribution < -0.4 is 10.1 Å². The molecular weight excluding hydrogens is 290 g/mol. The summed E-state index contributed by atoms with van der Waals surface area (Å²) in [4.78, 5) is 12.2. The van der Waals surface area contributed by atoms with E-state index in [4.69, 9.17) is 4.74 Å². The summed E-state index contributed by atoms with van der Waals surface area (Å²) in [5.41, 5.74) is 2.35. The number of hydrogen-bond donors (Lipinski definition) is 1. The van der Waals surface area contributed by atoms with Crippen molar-refractivity contribution in [3.8, 4) is 17.6 Å². The molecule has 120 valence electrons. The zero-order valence-electron chi connectivity index (χ0n) is 13.7. The molecule has 5 heteroatoms. The second kappa shape index (κ2) is 8.04. The Morgan fingerprint density at radius 1 is 1.39 bits per heavy atom. The lowest BCUT2D eigenvalue weighted by atomic mass is 10.2. The van der Waals surface area contributed by atoms with E-state index in [0.717, 1.165) is 17.0 Å². The number of amides is 1. The lowest BCUT2D eigenvalue weighted by molar-refractivity contribution is 0.0941. The smallest absolute Gasteiger partial charge is 0.269 e. The van der Waals surface area contributed by atoms with Crippen molar-refractivity contribution in [3.05, 3.63) is 47.3 Å². The van der Waals surface area contributed by atoms with Crippen LogP contribution in [0.2, 0.25) is 0 Å². The average Bonchev–Trinajstić information content (AvgIpc) is 2.88. The molecule has 1 aromatic carbocycles. The summed E-state index contributed by atoms with van der Waals surface area (Å²) in [7, 11) is 1.76. The molecule has 0 bridgehead atoms. The quantitative estimate of drug-likeness (QED) is 0.658. The lowest BCUT2D eigenvalue weighted by Crippen LogP contribution is -2.25. The third-order valence-electron chi connectivity index (χ3n) is 3.26. The molecule has 0 atom stereocenters. The number of hydrogen-bond acceptors (Lipinski definition) is 3. The molecule has 1 aromatic heterocycles. The largest absolute Gasteiger partial charge is 0.493 e. The molecule has 0 spiro atoms. The molecule has 0 radical (unpaired) electrons. The molecule has 1 heterocycles. The Labute approximate surface area is 136 Å². The van der Waals surface area contributed by atoms with Crippen LogP contribution >= 0.6 is 0 Å². The maximum Gasteiger partial charge on any atom is 0.269 e. The maximum atomic E-state index is 12.2. The van der Waals surface area contributed by atoms with E-state index in [2.05, 4.69) is 22.3 Å². The molecule has 0 aliphatic heterocycles. The van der Waals surface area contributed by atoms with Crippen molar-refractivity contribution in [1.29, 1.82) is 0 Å². The van der Waals surface area contributed by atoms with Gasteiger partial charge in [-0.3, -0.25) is 9.48 Å². The van der Waals surface area contributed by atoms with Gasteiger partial charge in [0.2, 0.25) is 0 Å². The Morgan fingerprint density at radius 3 is 2.91 bits per heavy atom. The summed E-state index contributed by atoms with van der Waals surface area (Å²) < 4.78 is 7.22. The van der Waals surface area contributed by atoms with Gasteiger partial charge in [-0.1, -0.05) is 12.1 Å². The number of ether oxygens (including phenoxy) is 1. The first-order chi connectivity index (χ1) is 11.1. The molecule has 1 amide bonds. The molecule has 2 aromatic rings. The SMILES string of the molecule is CC#CCCOc1cccc(CNC(=O)c2cc(C)nn2C)c1. The van der Waals surface area contributed by atoms with Crippen LogP contribution in [0.4, 0.5) is 0 Å². The summed E-state index contributed by atoms with van der Waals surface area (Å²) in [5.74, 6) is 6.44. The number of aryl methyl sites for hydroxylation is 2. The monoisotopic (exact) mass is 311 g/mol. The highest BCUT2D eigenvalue weighted by molar-refractivity contribution is 5.92. The zero-order chi connectivity index (χ0) is 16.7. The van der Waals surface area contributed by atoms with Crippen LogP contribution in [-0.4, -0.2) is 22.3 Å². The van der Waals surface area contributed by atoms with Gasteiger partial charge in [0.05, 0.1) is 12.3 Å². The van der Waals surface area contributed by atoms with E-state index in [0.29, 0.717) is 25.3 Å². The minimum Gasteiger partial charge on any atom is -0.493 e. The number of carbonyl (C=O) groups excluding carboxylic acids is 1. The highest BCUT2D eigenvalue weighted by atomic mass is 16.5. The fraction of sp³-hybridized carbons (Fsp3) is 0.333. The fourth-order valence-electron chi connectivity index (χ4n) is 2.19. The van der Waals surface area contributed by atoms with Crippen molar-refractivity contribution in [2.45, 2.75) is 26.8 Å². The second-order valence-electron chi connectivity index (χ2n) is 5.15. The van der Waals surface area contributed by atoms with Crippen LogP contribution in [-0.2, 0) is 13.6 Å². The molecule has 0 aliphatic rings. The topological polar surface area (TPSA) is 56.1 Å². The van der Waals surface area contributed by atoms with Crippen LogP contribution in [0.25, 0.3) is 0 Å². The molecule has 0 aliphatic carbocycles. The van der Waals surface area contributed by atoms with E-state index in [1.165, 1.54) is 0 Å². The number of nitrogens with one attached hydrogen (secondary N) is 1. The van der Waals surface area contributed by atoms with E-state index in [-0.39, 0.29) is 5.91 Å². The first kappa shape index (κ1) is 16.6. The Kier molecular flexibility index (Phi) is 5.81. The Bertz CT molecular complexity index is 738. The molecule has 2 rings (SSSR count). The maximum absolute atomic E-state index is 12.2. The summed E-state index contributed by atoms with van der Waals surface area (Å²) in [6.45, 7) is 4.67. The van der Waals surface area contributed by atoms with Crippen molar-refractivity contribution in [2.24, 2.45) is 7.05 Å². The number of rotatable bonds is 6. The third-order valence-corrected chi connectivity index (χ3v) is 3.26. The van der Waals surface area contributed by atoms with Gasteiger partial charge in [-0.05, 0) is 37.6 Å². The van der Waals surface area contributed by atoms with Gasteiger partial charge in [0.1, 0.15) is 11.4 Å². The standard InChI is InChI=1S/C18H21N3O2/c1-4-5-6-10-23-16-9-7-8-15(12-16)13-19-18(22)17-11-14(2)20-21(17)3/h7-9,11-12H,6,10,13H2,1-3H3,(H,19,22). The predicted molar refractivity (Wildman–Crippen MR) is 89.1 cm³/mol. The number of benzene rings is 1. The van der Waals surface area contributed by atoms with Crippen molar-refractivity contribution in [3.63, 3.8) is 0 Å².